The van der Waals surface area contributed by atoms with Crippen molar-refractivity contribution in [1.82, 2.24) is 9.97 Å². The molecule has 1 heterocycles. The van der Waals surface area contributed by atoms with Crippen LogP contribution in [0.1, 0.15) is 26.3 Å². The molecule has 0 amide bonds. The predicted molar refractivity (Wildman–Crippen MR) is 55.6 cm³/mol. The van der Waals surface area contributed by atoms with E-state index in [1.54, 1.807) is 12.4 Å². The van der Waals surface area contributed by atoms with Crippen molar-refractivity contribution in [3.8, 4) is 0 Å². The Kier molecular flexibility index (Phi) is 3.01. The average molecular weight is 192 g/mol. The van der Waals surface area contributed by atoms with Crippen molar-refractivity contribution in [3.05, 3.63) is 36.4 Å². The smallest absolute Gasteiger partial charge is 0.115 e. The minimum atomic E-state index is -1.03. The quantitative estimate of drug-likeness (QED) is 0.744. The van der Waals surface area contributed by atoms with Crippen LogP contribution in [0, 0.1) is 5.92 Å². The minimum absolute atomic E-state index is 0.0472. The summed E-state index contributed by atoms with van der Waals surface area (Å²) in [6.07, 6.45) is 4.70. The van der Waals surface area contributed by atoms with Gasteiger partial charge in [-0.1, -0.05) is 20.4 Å². The van der Waals surface area contributed by atoms with Gasteiger partial charge in [-0.2, -0.15) is 0 Å². The van der Waals surface area contributed by atoms with E-state index in [9.17, 15) is 5.11 Å². The summed E-state index contributed by atoms with van der Waals surface area (Å²) < 4.78 is 0. The Morgan fingerprint density at radius 2 is 1.93 bits per heavy atom. The van der Waals surface area contributed by atoms with Crippen LogP contribution in [0.25, 0.3) is 0 Å². The zero-order chi connectivity index (χ0) is 10.8. The van der Waals surface area contributed by atoms with Crippen LogP contribution in [0.5, 0.6) is 0 Å². The molecule has 1 aromatic rings. The third-order valence-electron chi connectivity index (χ3n) is 2.49. The monoisotopic (exact) mass is 192 g/mol. The van der Waals surface area contributed by atoms with Crippen molar-refractivity contribution in [2.75, 3.05) is 0 Å². The van der Waals surface area contributed by atoms with Gasteiger partial charge in [0.15, 0.2) is 0 Å². The predicted octanol–water partition coefficient (Wildman–Crippen LogP) is 1.90. The lowest BCUT2D eigenvalue weighted by molar-refractivity contribution is 0.0273. The molecule has 0 radical (unpaired) electrons. The highest BCUT2D eigenvalue weighted by molar-refractivity contribution is 5.27. The summed E-state index contributed by atoms with van der Waals surface area (Å²) in [5.41, 5.74) is 0.381. The van der Waals surface area contributed by atoms with E-state index in [4.69, 9.17) is 0 Å². The van der Waals surface area contributed by atoms with Crippen molar-refractivity contribution in [1.29, 1.82) is 0 Å². The summed E-state index contributed by atoms with van der Waals surface area (Å²) >= 11 is 0. The fraction of sp³-hybridized carbons (Fsp3) is 0.455. The molecule has 0 aromatic carbocycles. The maximum absolute atomic E-state index is 10.5. The zero-order valence-corrected chi connectivity index (χ0v) is 8.86. The second kappa shape index (κ2) is 3.88. The van der Waals surface area contributed by atoms with Crippen LogP contribution in [-0.4, -0.2) is 15.1 Å². The van der Waals surface area contributed by atoms with Gasteiger partial charge in [0.05, 0.1) is 0 Å². The Morgan fingerprint density at radius 1 is 1.43 bits per heavy atom. The third kappa shape index (κ3) is 1.68. The first-order valence-corrected chi connectivity index (χ1v) is 4.63. The molecule has 0 saturated carbocycles. The highest BCUT2D eigenvalue weighted by Crippen LogP contribution is 2.34. The van der Waals surface area contributed by atoms with E-state index in [1.807, 2.05) is 20.8 Å². The Hall–Kier alpha value is -1.22. The molecular formula is C11H16N2O. The summed E-state index contributed by atoms with van der Waals surface area (Å²) in [5.74, 6) is 0.0472. The van der Waals surface area contributed by atoms with E-state index >= 15 is 0 Å². The fourth-order valence-corrected chi connectivity index (χ4v) is 1.57. The first kappa shape index (κ1) is 10.9. The molecule has 1 aromatic heterocycles. The summed E-state index contributed by atoms with van der Waals surface area (Å²) in [7, 11) is 0. The van der Waals surface area contributed by atoms with Crippen LogP contribution >= 0.6 is 0 Å². The number of rotatable bonds is 3. The van der Waals surface area contributed by atoms with E-state index in [0.717, 1.165) is 0 Å². The molecule has 0 bridgehead atoms. The number of nitrogens with zero attached hydrogens (tertiary/aromatic N) is 2. The number of hydrogen-bond acceptors (Lipinski definition) is 3. The molecule has 0 aliphatic carbocycles. The first-order chi connectivity index (χ1) is 6.49. The van der Waals surface area contributed by atoms with Gasteiger partial charge in [0, 0.05) is 18.0 Å². The molecular weight excluding hydrogens is 176 g/mol. The maximum Gasteiger partial charge on any atom is 0.115 e. The Labute approximate surface area is 84.5 Å². The van der Waals surface area contributed by atoms with Gasteiger partial charge in [0.25, 0.3) is 0 Å². The third-order valence-corrected chi connectivity index (χ3v) is 2.49. The van der Waals surface area contributed by atoms with Crippen LogP contribution in [-0.2, 0) is 5.60 Å². The molecule has 1 rings (SSSR count). The summed E-state index contributed by atoms with van der Waals surface area (Å²) in [4.78, 5) is 7.81. The molecule has 3 heteroatoms. The summed E-state index contributed by atoms with van der Waals surface area (Å²) in [6, 6.07) is 0. The molecule has 0 fully saturated rings. The lowest BCUT2D eigenvalue weighted by Gasteiger charge is -2.32. The van der Waals surface area contributed by atoms with Gasteiger partial charge >= 0.3 is 0 Å². The average Bonchev–Trinajstić information content (AvgIpc) is 2.17. The number of aliphatic hydroxyl groups is 1. The topological polar surface area (TPSA) is 46.0 Å². The second-order valence-electron chi connectivity index (χ2n) is 3.83. The maximum atomic E-state index is 10.5. The van der Waals surface area contributed by atoms with Crippen molar-refractivity contribution >= 4 is 0 Å². The zero-order valence-electron chi connectivity index (χ0n) is 8.86. The lowest BCUT2D eigenvalue weighted by atomic mass is 9.80. The molecule has 0 aliphatic heterocycles. The van der Waals surface area contributed by atoms with Crippen LogP contribution < -0.4 is 0 Å². The molecule has 3 nitrogen and oxygen atoms in total. The van der Waals surface area contributed by atoms with Crippen molar-refractivity contribution in [2.24, 2.45) is 5.92 Å². The number of hydrogen-bond donors (Lipinski definition) is 1. The van der Waals surface area contributed by atoms with E-state index in [2.05, 4.69) is 16.5 Å². The number of aromatic nitrogens is 2. The van der Waals surface area contributed by atoms with Gasteiger partial charge in [0.1, 0.15) is 11.9 Å². The van der Waals surface area contributed by atoms with Crippen LogP contribution in [0.3, 0.4) is 0 Å². The Balaban J connectivity index is 3.20. The first-order valence-electron chi connectivity index (χ1n) is 4.63. The highest BCUT2D eigenvalue weighted by Gasteiger charge is 2.34. The normalized spacial score (nSPS) is 15.2. The second-order valence-corrected chi connectivity index (χ2v) is 3.83. The fourth-order valence-electron chi connectivity index (χ4n) is 1.57. The van der Waals surface area contributed by atoms with E-state index in [-0.39, 0.29) is 5.92 Å². The van der Waals surface area contributed by atoms with Crippen molar-refractivity contribution < 1.29 is 5.11 Å². The Bertz CT molecular complexity index is 321. The molecule has 0 spiro atoms. The summed E-state index contributed by atoms with van der Waals surface area (Å²) in [5, 5.41) is 10.5. The van der Waals surface area contributed by atoms with Gasteiger partial charge in [-0.15, -0.1) is 0 Å². The van der Waals surface area contributed by atoms with Crippen molar-refractivity contribution in [3.63, 3.8) is 0 Å². The molecule has 76 valence electrons. The standard InChI is InChI=1S/C11H16N2O/c1-8(2)11(14,9(3)4)10-5-12-7-13-6-10/h5-7,9,14H,1H2,2-4H3. The molecule has 0 aliphatic rings. The SMILES string of the molecule is C=C(C)C(O)(c1cncnc1)C(C)C. The molecule has 0 saturated heterocycles. The van der Waals surface area contributed by atoms with Gasteiger partial charge < -0.3 is 5.11 Å². The molecule has 1 atom stereocenters. The summed E-state index contributed by atoms with van der Waals surface area (Å²) in [6.45, 7) is 9.52. The van der Waals surface area contributed by atoms with Gasteiger partial charge in [-0.05, 0) is 18.4 Å². The highest BCUT2D eigenvalue weighted by atomic mass is 16.3. The molecule has 14 heavy (non-hydrogen) atoms. The van der Waals surface area contributed by atoms with Crippen LogP contribution in [0.15, 0.2) is 30.9 Å². The Morgan fingerprint density at radius 3 is 2.29 bits per heavy atom. The largest absolute Gasteiger partial charge is 0.380 e. The minimum Gasteiger partial charge on any atom is -0.380 e. The van der Waals surface area contributed by atoms with Crippen LogP contribution in [0.4, 0.5) is 0 Å². The van der Waals surface area contributed by atoms with Crippen molar-refractivity contribution in [2.45, 2.75) is 26.4 Å². The molecule has 1 N–H and O–H groups in total. The lowest BCUT2D eigenvalue weighted by Crippen LogP contribution is -2.33. The van der Waals surface area contributed by atoms with Gasteiger partial charge in [-0.3, -0.25) is 0 Å². The van der Waals surface area contributed by atoms with Gasteiger partial charge in [0.2, 0.25) is 0 Å². The van der Waals surface area contributed by atoms with Gasteiger partial charge in [-0.25, -0.2) is 9.97 Å². The molecule has 1 unspecified atom stereocenters. The van der Waals surface area contributed by atoms with E-state index in [0.29, 0.717) is 11.1 Å². The van der Waals surface area contributed by atoms with Crippen LogP contribution in [0.2, 0.25) is 0 Å². The van der Waals surface area contributed by atoms with E-state index < -0.39 is 5.60 Å². The van der Waals surface area contributed by atoms with E-state index in [1.165, 1.54) is 6.33 Å².